The second kappa shape index (κ2) is 6.20. The van der Waals surface area contributed by atoms with Gasteiger partial charge in [0, 0.05) is 0 Å². The molecule has 19 heavy (non-hydrogen) atoms. The van der Waals surface area contributed by atoms with Crippen LogP contribution in [-0.4, -0.2) is 22.8 Å². The molecule has 0 saturated heterocycles. The molecule has 1 atom stereocenters. The molecule has 1 aromatic rings. The third kappa shape index (κ3) is 4.35. The lowest BCUT2D eigenvalue weighted by molar-refractivity contribution is -0.143. The molecule has 0 aromatic heterocycles. The Labute approximate surface area is 115 Å². The molecule has 0 aliphatic heterocycles. The molecule has 0 spiro atoms. The highest BCUT2D eigenvalue weighted by Gasteiger charge is 2.18. The van der Waals surface area contributed by atoms with E-state index in [1.165, 1.54) is 11.1 Å². The van der Waals surface area contributed by atoms with E-state index in [9.17, 15) is 4.79 Å². The van der Waals surface area contributed by atoms with E-state index >= 15 is 0 Å². The van der Waals surface area contributed by atoms with Crippen LogP contribution in [0.25, 0.3) is 0 Å². The number of aryl methyl sites for hydroxylation is 2. The van der Waals surface area contributed by atoms with Crippen LogP contribution in [0.2, 0.25) is 0 Å². The van der Waals surface area contributed by atoms with Crippen molar-refractivity contribution < 1.29 is 15.0 Å². The van der Waals surface area contributed by atoms with E-state index < -0.39 is 11.9 Å². The van der Waals surface area contributed by atoms with Crippen molar-refractivity contribution in [1.82, 2.24) is 0 Å². The molecule has 0 radical (unpaired) electrons. The smallest absolute Gasteiger partial charge is 0.308 e. The van der Waals surface area contributed by atoms with Gasteiger partial charge >= 0.3 is 5.97 Å². The first-order chi connectivity index (χ1) is 8.75. The number of hydrogen-bond donors (Lipinski definition) is 2. The Morgan fingerprint density at radius 1 is 1.32 bits per heavy atom. The Bertz CT molecular complexity index is 444. The quantitative estimate of drug-likeness (QED) is 0.859. The summed E-state index contributed by atoms with van der Waals surface area (Å²) in [5.41, 5.74) is 3.77. The van der Waals surface area contributed by atoms with Gasteiger partial charge in [-0.3, -0.25) is 4.79 Å². The fourth-order valence-electron chi connectivity index (χ4n) is 2.27. The van der Waals surface area contributed by atoms with Crippen molar-refractivity contribution in [1.29, 1.82) is 0 Å². The van der Waals surface area contributed by atoms with Crippen LogP contribution < -0.4 is 0 Å². The molecule has 0 aliphatic rings. The molecule has 106 valence electrons. The highest BCUT2D eigenvalue weighted by Crippen LogP contribution is 2.27. The second-order valence-electron chi connectivity index (χ2n) is 6.16. The van der Waals surface area contributed by atoms with Gasteiger partial charge in [0.1, 0.15) is 0 Å². The number of carboxylic acid groups (broad SMARTS) is 1. The molecular weight excluding hydrogens is 240 g/mol. The maximum Gasteiger partial charge on any atom is 0.308 e. The Balaban J connectivity index is 2.83. The lowest BCUT2D eigenvalue weighted by Crippen LogP contribution is -2.18. The third-order valence-electron chi connectivity index (χ3n) is 3.46. The van der Waals surface area contributed by atoms with Crippen molar-refractivity contribution in [3.05, 3.63) is 34.9 Å². The van der Waals surface area contributed by atoms with Gasteiger partial charge in [-0.25, -0.2) is 0 Å². The van der Waals surface area contributed by atoms with Crippen LogP contribution in [0, 0.1) is 12.8 Å². The molecule has 0 bridgehead atoms. The average molecular weight is 264 g/mol. The van der Waals surface area contributed by atoms with Crippen LogP contribution in [0.5, 0.6) is 0 Å². The van der Waals surface area contributed by atoms with Crippen LogP contribution >= 0.6 is 0 Å². The summed E-state index contributed by atoms with van der Waals surface area (Å²) in [7, 11) is 0. The van der Waals surface area contributed by atoms with Crippen molar-refractivity contribution >= 4 is 5.97 Å². The number of benzene rings is 1. The largest absolute Gasteiger partial charge is 0.481 e. The molecular formula is C16H24O3. The third-order valence-corrected chi connectivity index (χ3v) is 3.46. The second-order valence-corrected chi connectivity index (χ2v) is 6.16. The van der Waals surface area contributed by atoms with Gasteiger partial charge in [0.25, 0.3) is 0 Å². The van der Waals surface area contributed by atoms with Gasteiger partial charge in [-0.2, -0.15) is 0 Å². The maximum absolute atomic E-state index is 10.9. The Morgan fingerprint density at radius 3 is 2.42 bits per heavy atom. The van der Waals surface area contributed by atoms with Gasteiger partial charge in [0.2, 0.25) is 0 Å². The molecule has 0 saturated carbocycles. The van der Waals surface area contributed by atoms with Gasteiger partial charge in [-0.1, -0.05) is 39.0 Å². The standard InChI is InChI=1S/C16H24O3/c1-11-5-6-12(9-14(11)16(2,3)4)7-8-13(10-17)15(18)19/h5-6,9,13,17H,7-8,10H2,1-4H3,(H,18,19)/t13-/m0/s1. The van der Waals surface area contributed by atoms with E-state index in [0.29, 0.717) is 12.8 Å². The molecule has 3 heteroatoms. The van der Waals surface area contributed by atoms with Crippen LogP contribution in [0.4, 0.5) is 0 Å². The van der Waals surface area contributed by atoms with Gasteiger partial charge in [-0.15, -0.1) is 0 Å². The van der Waals surface area contributed by atoms with Crippen molar-refractivity contribution in [3.63, 3.8) is 0 Å². The van der Waals surface area contributed by atoms with E-state index in [2.05, 4.69) is 39.8 Å². The number of aliphatic hydroxyl groups excluding tert-OH is 1. The molecule has 0 unspecified atom stereocenters. The highest BCUT2D eigenvalue weighted by molar-refractivity contribution is 5.70. The summed E-state index contributed by atoms with van der Waals surface area (Å²) >= 11 is 0. The first-order valence-electron chi connectivity index (χ1n) is 6.69. The van der Waals surface area contributed by atoms with E-state index in [1.54, 1.807) is 0 Å². The topological polar surface area (TPSA) is 57.5 Å². The molecule has 1 rings (SSSR count). The summed E-state index contributed by atoms with van der Waals surface area (Å²) in [5.74, 6) is -1.59. The number of carboxylic acids is 1. The molecule has 0 aliphatic carbocycles. The highest BCUT2D eigenvalue weighted by atomic mass is 16.4. The lowest BCUT2D eigenvalue weighted by atomic mass is 9.82. The monoisotopic (exact) mass is 264 g/mol. The normalized spacial score (nSPS) is 13.3. The zero-order valence-electron chi connectivity index (χ0n) is 12.2. The summed E-state index contributed by atoms with van der Waals surface area (Å²) in [6.07, 6.45) is 1.15. The summed E-state index contributed by atoms with van der Waals surface area (Å²) in [6.45, 7) is 8.32. The summed E-state index contributed by atoms with van der Waals surface area (Å²) in [5, 5.41) is 17.9. The van der Waals surface area contributed by atoms with Crippen molar-refractivity contribution in [3.8, 4) is 0 Å². The molecule has 2 N–H and O–H groups in total. The van der Waals surface area contributed by atoms with Crippen molar-refractivity contribution in [2.75, 3.05) is 6.61 Å². The number of hydrogen-bond acceptors (Lipinski definition) is 2. The van der Waals surface area contributed by atoms with Crippen LogP contribution in [0.1, 0.15) is 43.9 Å². The van der Waals surface area contributed by atoms with Gasteiger partial charge < -0.3 is 10.2 Å². The van der Waals surface area contributed by atoms with E-state index in [1.807, 2.05) is 6.07 Å². The lowest BCUT2D eigenvalue weighted by Gasteiger charge is -2.22. The summed E-state index contributed by atoms with van der Waals surface area (Å²) < 4.78 is 0. The first-order valence-corrected chi connectivity index (χ1v) is 6.69. The Kier molecular flexibility index (Phi) is 5.12. The molecule has 3 nitrogen and oxygen atoms in total. The molecule has 0 heterocycles. The molecule has 0 fully saturated rings. The zero-order valence-corrected chi connectivity index (χ0v) is 12.2. The average Bonchev–Trinajstić information content (AvgIpc) is 2.30. The number of carbonyl (C=O) groups is 1. The zero-order chi connectivity index (χ0) is 14.6. The minimum Gasteiger partial charge on any atom is -0.481 e. The van der Waals surface area contributed by atoms with Crippen LogP contribution in [-0.2, 0) is 16.6 Å². The van der Waals surface area contributed by atoms with Crippen molar-refractivity contribution in [2.45, 2.75) is 46.0 Å². The van der Waals surface area contributed by atoms with E-state index in [-0.39, 0.29) is 12.0 Å². The van der Waals surface area contributed by atoms with E-state index in [0.717, 1.165) is 5.56 Å². The fraction of sp³-hybridized carbons (Fsp3) is 0.562. The Hall–Kier alpha value is -1.35. The van der Waals surface area contributed by atoms with Crippen molar-refractivity contribution in [2.24, 2.45) is 5.92 Å². The van der Waals surface area contributed by atoms with Gasteiger partial charge in [0.05, 0.1) is 12.5 Å². The Morgan fingerprint density at radius 2 is 1.95 bits per heavy atom. The van der Waals surface area contributed by atoms with Gasteiger partial charge in [-0.05, 0) is 41.9 Å². The number of aliphatic hydroxyl groups is 1. The molecule has 0 amide bonds. The minimum absolute atomic E-state index is 0.0866. The fourth-order valence-corrected chi connectivity index (χ4v) is 2.27. The SMILES string of the molecule is Cc1ccc(CC[C@@H](CO)C(=O)O)cc1C(C)(C)C. The minimum atomic E-state index is -0.925. The number of aliphatic carboxylic acids is 1. The van der Waals surface area contributed by atoms with Crippen LogP contribution in [0.3, 0.4) is 0 Å². The van der Waals surface area contributed by atoms with Crippen LogP contribution in [0.15, 0.2) is 18.2 Å². The molecule has 1 aromatic carbocycles. The first kappa shape index (κ1) is 15.7. The summed E-state index contributed by atoms with van der Waals surface area (Å²) in [4.78, 5) is 10.9. The van der Waals surface area contributed by atoms with Gasteiger partial charge in [0.15, 0.2) is 0 Å². The van der Waals surface area contributed by atoms with E-state index in [4.69, 9.17) is 10.2 Å². The predicted molar refractivity (Wildman–Crippen MR) is 76.4 cm³/mol. The number of rotatable bonds is 5. The summed E-state index contributed by atoms with van der Waals surface area (Å²) in [6, 6.07) is 6.29. The predicted octanol–water partition coefficient (Wildman–Crippen LogP) is 2.92. The maximum atomic E-state index is 10.9.